The van der Waals surface area contributed by atoms with Gasteiger partial charge in [0.25, 0.3) is 0 Å². The molecule has 0 aromatic heterocycles. The molecule has 0 spiro atoms. The maximum Gasteiger partial charge on any atom is 0.226 e. The van der Waals surface area contributed by atoms with Crippen LogP contribution in [-0.2, 0) is 9.32 Å². The number of carbonyl (C=O) groups is 1. The number of benzene rings is 1. The average Bonchev–Trinajstić information content (AvgIpc) is 2.69. The van der Waals surface area contributed by atoms with Crippen molar-refractivity contribution in [2.75, 3.05) is 13.2 Å². The van der Waals surface area contributed by atoms with Crippen molar-refractivity contribution in [2.45, 2.75) is 19.8 Å². The molecule has 1 aromatic rings. The van der Waals surface area contributed by atoms with E-state index in [1.54, 1.807) is 0 Å². The van der Waals surface area contributed by atoms with E-state index in [-0.39, 0.29) is 17.7 Å². The van der Waals surface area contributed by atoms with Gasteiger partial charge in [-0.15, -0.1) is 0 Å². The van der Waals surface area contributed by atoms with E-state index < -0.39 is 5.41 Å². The smallest absolute Gasteiger partial charge is 0.226 e. The third-order valence-electron chi connectivity index (χ3n) is 4.41. The van der Waals surface area contributed by atoms with Gasteiger partial charge in [-0.2, -0.15) is 0 Å². The fraction of sp³-hybridized carbons (Fsp3) is 0.500. The van der Waals surface area contributed by atoms with Crippen LogP contribution in [-0.4, -0.2) is 19.1 Å². The first kappa shape index (κ1) is 15.0. The second kappa shape index (κ2) is 5.90. The fourth-order valence-corrected chi connectivity index (χ4v) is 3.30. The summed E-state index contributed by atoms with van der Waals surface area (Å²) in [4.78, 5) is 12.3. The molecule has 1 fully saturated rings. The minimum Gasteiger partial charge on any atom is -0.365 e. The Bertz CT molecular complexity index is 465. The monoisotopic (exact) mass is 343 g/mol. The highest BCUT2D eigenvalue weighted by molar-refractivity contribution is 9.10. The maximum absolute atomic E-state index is 12.3. The van der Waals surface area contributed by atoms with Crippen molar-refractivity contribution in [1.82, 2.24) is 5.32 Å². The van der Waals surface area contributed by atoms with Crippen molar-refractivity contribution in [3.63, 3.8) is 0 Å². The van der Waals surface area contributed by atoms with Crippen molar-refractivity contribution in [3.05, 3.63) is 34.3 Å². The van der Waals surface area contributed by atoms with Gasteiger partial charge in [0.05, 0.1) is 12.0 Å². The first-order chi connectivity index (χ1) is 9.00. The summed E-state index contributed by atoms with van der Waals surface area (Å²) in [5, 5.41) is 2.97. The highest BCUT2D eigenvalue weighted by Crippen LogP contribution is 2.45. The molecule has 1 amide bonds. The van der Waals surface area contributed by atoms with Gasteiger partial charge in [0.2, 0.25) is 5.91 Å². The largest absolute Gasteiger partial charge is 0.365 e. The molecule has 1 aromatic carbocycles. The molecule has 1 heterocycles. The Morgan fingerprint density at radius 2 is 2.16 bits per heavy atom. The highest BCUT2D eigenvalue weighted by atomic mass is 79.9. The zero-order valence-electron chi connectivity index (χ0n) is 11.2. The molecule has 1 saturated heterocycles. The lowest BCUT2D eigenvalue weighted by atomic mass is 9.68. The zero-order chi connectivity index (χ0) is 14.0. The average molecular weight is 344 g/mol. The number of hydrogen-bond donors (Lipinski definition) is 1. The summed E-state index contributed by atoms with van der Waals surface area (Å²) in [6.07, 6.45) is 0. The van der Waals surface area contributed by atoms with Gasteiger partial charge in [-0.3, -0.25) is 4.79 Å². The number of hydrogen-bond acceptors (Lipinski definition) is 2. The number of rotatable bonds is 4. The molecule has 104 valence electrons. The first-order valence-electron chi connectivity index (χ1n) is 6.35. The number of carbonyl (C=O) groups excluding carboxylic acids is 1. The van der Waals surface area contributed by atoms with Gasteiger partial charge < -0.3 is 9.84 Å². The maximum atomic E-state index is 12.3. The van der Waals surface area contributed by atoms with Gasteiger partial charge in [-0.1, -0.05) is 35.0 Å². The number of amides is 1. The Kier molecular flexibility index (Phi) is 4.65. The third kappa shape index (κ3) is 2.72. The van der Waals surface area contributed by atoms with Crippen LogP contribution in [0.1, 0.15) is 25.3 Å². The summed E-state index contributed by atoms with van der Waals surface area (Å²) in [7, 11) is 2.27. The highest BCUT2D eigenvalue weighted by Gasteiger charge is 2.50. The minimum atomic E-state index is -0.426. The molecule has 0 aliphatic carbocycles. The quantitative estimate of drug-likeness (QED) is 0.853. The van der Waals surface area contributed by atoms with E-state index in [4.69, 9.17) is 4.52 Å². The number of halogens is 1. The Balaban J connectivity index is 2.30. The van der Waals surface area contributed by atoms with E-state index in [0.29, 0.717) is 13.2 Å². The predicted molar refractivity (Wildman–Crippen MR) is 82.8 cm³/mol. The van der Waals surface area contributed by atoms with E-state index >= 15 is 0 Å². The number of nitrogens with one attached hydrogen (secondary N) is 1. The molecule has 0 saturated carbocycles. The normalized spacial score (nSPS) is 28.2. The molecular weight excluding hydrogens is 325 g/mol. The Morgan fingerprint density at radius 1 is 1.53 bits per heavy atom. The van der Waals surface area contributed by atoms with E-state index in [1.807, 2.05) is 19.1 Å². The van der Waals surface area contributed by atoms with Crippen LogP contribution in [0.4, 0.5) is 0 Å². The summed E-state index contributed by atoms with van der Waals surface area (Å²) >= 11 is 3.44. The molecule has 4 atom stereocenters. The van der Waals surface area contributed by atoms with Gasteiger partial charge in [0.15, 0.2) is 0 Å². The van der Waals surface area contributed by atoms with Crippen LogP contribution in [0.25, 0.3) is 0 Å². The van der Waals surface area contributed by atoms with E-state index in [9.17, 15) is 4.79 Å². The molecule has 1 aliphatic rings. The van der Waals surface area contributed by atoms with Gasteiger partial charge in [0, 0.05) is 26.4 Å². The Labute approximate surface area is 124 Å². The van der Waals surface area contributed by atoms with Crippen LogP contribution < -0.4 is 5.32 Å². The van der Waals surface area contributed by atoms with Gasteiger partial charge in [-0.05, 0) is 30.5 Å². The molecule has 19 heavy (non-hydrogen) atoms. The standard InChI is InChI=1S/C14H19BrNO2P/c1-9(10-3-5-12(15)6-4-10)14(2)11(8-18-19)7-16-13(14)17/h3-6,9,11H,7-8,19H2,1-2H3,(H,16,17)/t9?,11-,14-/m1/s1. The van der Waals surface area contributed by atoms with Crippen LogP contribution in [0.15, 0.2) is 28.7 Å². The first-order valence-corrected chi connectivity index (χ1v) is 7.62. The summed E-state index contributed by atoms with van der Waals surface area (Å²) in [5.74, 6) is 0.458. The predicted octanol–water partition coefficient (Wildman–Crippen LogP) is 3.11. The minimum absolute atomic E-state index is 0.120. The third-order valence-corrected chi connectivity index (χ3v) is 5.13. The van der Waals surface area contributed by atoms with Crippen molar-refractivity contribution < 1.29 is 9.32 Å². The summed E-state index contributed by atoms with van der Waals surface area (Å²) in [6.45, 7) is 5.41. The van der Waals surface area contributed by atoms with E-state index in [0.717, 1.165) is 4.47 Å². The van der Waals surface area contributed by atoms with Crippen LogP contribution in [0.2, 0.25) is 0 Å². The lowest BCUT2D eigenvalue weighted by Gasteiger charge is -2.34. The zero-order valence-corrected chi connectivity index (χ0v) is 13.9. The summed E-state index contributed by atoms with van der Waals surface area (Å²) < 4.78 is 6.24. The topological polar surface area (TPSA) is 38.3 Å². The van der Waals surface area contributed by atoms with Gasteiger partial charge >= 0.3 is 0 Å². The molecule has 2 rings (SSSR count). The molecule has 5 heteroatoms. The lowest BCUT2D eigenvalue weighted by molar-refractivity contribution is -0.129. The van der Waals surface area contributed by atoms with Crippen LogP contribution >= 0.6 is 25.4 Å². The van der Waals surface area contributed by atoms with Gasteiger partial charge in [0.1, 0.15) is 0 Å². The lowest BCUT2D eigenvalue weighted by Crippen LogP contribution is -2.38. The molecule has 0 bridgehead atoms. The van der Waals surface area contributed by atoms with E-state index in [2.05, 4.69) is 49.8 Å². The van der Waals surface area contributed by atoms with Gasteiger partial charge in [-0.25, -0.2) is 0 Å². The second-order valence-electron chi connectivity index (χ2n) is 5.30. The van der Waals surface area contributed by atoms with Crippen LogP contribution in [0, 0.1) is 11.3 Å². The second-order valence-corrected chi connectivity index (χ2v) is 6.55. The van der Waals surface area contributed by atoms with Crippen LogP contribution in [0.5, 0.6) is 0 Å². The van der Waals surface area contributed by atoms with Crippen LogP contribution in [0.3, 0.4) is 0 Å². The SMILES string of the molecule is CC(c1ccc(Br)cc1)[C@@]1(C)C(=O)NC[C@@H]1COP. The molecule has 3 nitrogen and oxygen atoms in total. The summed E-state index contributed by atoms with van der Waals surface area (Å²) in [6, 6.07) is 8.18. The Hall–Kier alpha value is -0.440. The molecule has 0 radical (unpaired) electrons. The molecule has 1 N–H and O–H groups in total. The summed E-state index contributed by atoms with van der Waals surface area (Å²) in [5.41, 5.74) is 0.751. The molecule has 2 unspecified atom stereocenters. The van der Waals surface area contributed by atoms with Crippen molar-refractivity contribution in [2.24, 2.45) is 11.3 Å². The van der Waals surface area contributed by atoms with Crippen molar-refractivity contribution in [3.8, 4) is 0 Å². The molecular formula is C14H19BrNO2P. The van der Waals surface area contributed by atoms with Crippen molar-refractivity contribution in [1.29, 1.82) is 0 Å². The van der Waals surface area contributed by atoms with E-state index in [1.165, 1.54) is 5.56 Å². The fourth-order valence-electron chi connectivity index (χ4n) is 2.80. The van der Waals surface area contributed by atoms with Crippen molar-refractivity contribution >= 4 is 31.3 Å². The Morgan fingerprint density at radius 3 is 2.74 bits per heavy atom. The molecule has 1 aliphatic heterocycles.